The van der Waals surface area contributed by atoms with Gasteiger partial charge >= 0.3 is 0 Å². The molecule has 1 aliphatic heterocycles. The Hall–Kier alpha value is -2.18. The minimum Gasteiger partial charge on any atom is -0.339 e. The lowest BCUT2D eigenvalue weighted by atomic mass is 10.0. The molecule has 0 bridgehead atoms. The van der Waals surface area contributed by atoms with Gasteiger partial charge in [0.1, 0.15) is 0 Å². The minimum absolute atomic E-state index is 0.0191. The zero-order chi connectivity index (χ0) is 17.5. The van der Waals surface area contributed by atoms with E-state index in [2.05, 4.69) is 5.32 Å². The first-order valence-corrected chi connectivity index (χ1v) is 8.23. The van der Waals surface area contributed by atoms with Gasteiger partial charge in [-0.1, -0.05) is 6.08 Å². The van der Waals surface area contributed by atoms with Crippen LogP contribution in [0.3, 0.4) is 0 Å². The lowest BCUT2D eigenvalue weighted by Crippen LogP contribution is -2.42. The van der Waals surface area contributed by atoms with Crippen LogP contribution >= 0.6 is 0 Å². The Morgan fingerprint density at radius 1 is 1.25 bits per heavy atom. The second-order valence-corrected chi connectivity index (χ2v) is 6.36. The van der Waals surface area contributed by atoms with E-state index in [0.29, 0.717) is 30.9 Å². The van der Waals surface area contributed by atoms with Crippen LogP contribution in [0, 0.1) is 0 Å². The van der Waals surface area contributed by atoms with Crippen molar-refractivity contribution in [2.45, 2.75) is 18.9 Å². The van der Waals surface area contributed by atoms with Gasteiger partial charge in [0.2, 0.25) is 5.91 Å². The standard InChI is InChI=1S/C18H26N4O2/c1-21(2)11-3-4-17(23)20-16-7-5-14(6-8-16)18(24)22-12-9-15(19)10-13-22/h3-8,15H,9-13,19H2,1-2H3,(H,20,23). The third-order valence-electron chi connectivity index (χ3n) is 3.97. The Labute approximate surface area is 143 Å². The zero-order valence-electron chi connectivity index (χ0n) is 14.4. The van der Waals surface area contributed by atoms with Crippen LogP contribution in [0.25, 0.3) is 0 Å². The van der Waals surface area contributed by atoms with Crippen molar-refractivity contribution in [1.82, 2.24) is 9.80 Å². The molecule has 1 aromatic carbocycles. The van der Waals surface area contributed by atoms with Crippen LogP contribution in [-0.4, -0.2) is 61.4 Å². The number of nitrogens with zero attached hydrogens (tertiary/aromatic N) is 2. The molecule has 3 N–H and O–H groups in total. The molecule has 0 aromatic heterocycles. The van der Waals surface area contributed by atoms with Crippen molar-refractivity contribution in [2.24, 2.45) is 5.73 Å². The summed E-state index contributed by atoms with van der Waals surface area (Å²) in [6.07, 6.45) is 5.00. The van der Waals surface area contributed by atoms with E-state index in [4.69, 9.17) is 5.73 Å². The molecule has 1 fully saturated rings. The van der Waals surface area contributed by atoms with Crippen molar-refractivity contribution < 1.29 is 9.59 Å². The molecule has 6 heteroatoms. The zero-order valence-corrected chi connectivity index (χ0v) is 14.4. The van der Waals surface area contributed by atoms with Gasteiger partial charge in [-0.3, -0.25) is 9.59 Å². The summed E-state index contributed by atoms with van der Waals surface area (Å²) in [6.45, 7) is 2.12. The molecular weight excluding hydrogens is 304 g/mol. The number of carbonyl (C=O) groups is 2. The van der Waals surface area contributed by atoms with Crippen molar-refractivity contribution in [2.75, 3.05) is 39.0 Å². The lowest BCUT2D eigenvalue weighted by molar-refractivity contribution is -0.111. The molecule has 0 aliphatic carbocycles. The summed E-state index contributed by atoms with van der Waals surface area (Å²) in [4.78, 5) is 28.0. The Morgan fingerprint density at radius 3 is 2.46 bits per heavy atom. The van der Waals surface area contributed by atoms with Gasteiger partial charge in [0.05, 0.1) is 0 Å². The third kappa shape index (κ3) is 5.47. The Balaban J connectivity index is 1.89. The summed E-state index contributed by atoms with van der Waals surface area (Å²) in [5.74, 6) is -0.161. The van der Waals surface area contributed by atoms with E-state index in [1.807, 2.05) is 23.9 Å². The monoisotopic (exact) mass is 330 g/mol. The van der Waals surface area contributed by atoms with Gasteiger partial charge in [-0.15, -0.1) is 0 Å². The number of hydrogen-bond acceptors (Lipinski definition) is 4. The minimum atomic E-state index is -0.180. The third-order valence-corrected chi connectivity index (χ3v) is 3.97. The molecule has 24 heavy (non-hydrogen) atoms. The maximum atomic E-state index is 12.4. The number of carbonyl (C=O) groups excluding carboxylic acids is 2. The SMILES string of the molecule is CN(C)CC=CC(=O)Nc1ccc(C(=O)N2CCC(N)CC2)cc1. The lowest BCUT2D eigenvalue weighted by Gasteiger charge is -2.30. The van der Waals surface area contributed by atoms with Gasteiger partial charge in [0.15, 0.2) is 0 Å². The van der Waals surface area contributed by atoms with Crippen molar-refractivity contribution in [1.29, 1.82) is 0 Å². The Bertz CT molecular complexity index is 588. The molecule has 0 unspecified atom stereocenters. The molecule has 0 spiro atoms. The highest BCUT2D eigenvalue weighted by molar-refractivity contribution is 6.00. The van der Waals surface area contributed by atoms with Crippen LogP contribution in [0.15, 0.2) is 36.4 Å². The largest absolute Gasteiger partial charge is 0.339 e. The van der Waals surface area contributed by atoms with E-state index in [9.17, 15) is 9.59 Å². The fraction of sp³-hybridized carbons (Fsp3) is 0.444. The van der Waals surface area contributed by atoms with Gasteiger partial charge in [0.25, 0.3) is 5.91 Å². The maximum absolute atomic E-state index is 12.4. The summed E-state index contributed by atoms with van der Waals surface area (Å²) in [5, 5.41) is 2.78. The van der Waals surface area contributed by atoms with Gasteiger partial charge < -0.3 is 20.9 Å². The van der Waals surface area contributed by atoms with E-state index in [1.165, 1.54) is 6.08 Å². The highest BCUT2D eigenvalue weighted by Gasteiger charge is 2.21. The molecule has 2 rings (SSSR count). The van der Waals surface area contributed by atoms with Crippen LogP contribution in [0.5, 0.6) is 0 Å². The molecular formula is C18H26N4O2. The van der Waals surface area contributed by atoms with E-state index >= 15 is 0 Å². The van der Waals surface area contributed by atoms with Crippen LogP contribution in [0.4, 0.5) is 5.69 Å². The fourth-order valence-corrected chi connectivity index (χ4v) is 2.54. The maximum Gasteiger partial charge on any atom is 0.253 e. The van der Waals surface area contributed by atoms with Gasteiger partial charge in [-0.2, -0.15) is 0 Å². The average Bonchev–Trinajstić information content (AvgIpc) is 2.55. The molecule has 1 aliphatic rings. The first-order valence-electron chi connectivity index (χ1n) is 8.23. The second kappa shape index (κ2) is 8.61. The van der Waals surface area contributed by atoms with Crippen LogP contribution in [0.2, 0.25) is 0 Å². The first kappa shape index (κ1) is 18.2. The number of nitrogens with two attached hydrogens (primary N) is 1. The molecule has 1 heterocycles. The number of likely N-dealkylation sites (N-methyl/N-ethyl adjacent to an activating group) is 1. The van der Waals surface area contributed by atoms with Crippen LogP contribution in [0.1, 0.15) is 23.2 Å². The topological polar surface area (TPSA) is 78.7 Å². The second-order valence-electron chi connectivity index (χ2n) is 6.36. The summed E-state index contributed by atoms with van der Waals surface area (Å²) in [7, 11) is 3.88. The summed E-state index contributed by atoms with van der Waals surface area (Å²) in [6, 6.07) is 7.19. The van der Waals surface area contributed by atoms with E-state index in [-0.39, 0.29) is 17.9 Å². The highest BCUT2D eigenvalue weighted by Crippen LogP contribution is 2.15. The van der Waals surface area contributed by atoms with Crippen LogP contribution in [-0.2, 0) is 4.79 Å². The number of piperidine rings is 1. The number of likely N-dealkylation sites (tertiary alicyclic amines) is 1. The molecule has 1 saturated heterocycles. The highest BCUT2D eigenvalue weighted by atomic mass is 16.2. The molecule has 130 valence electrons. The molecule has 6 nitrogen and oxygen atoms in total. The molecule has 1 aromatic rings. The molecule has 0 saturated carbocycles. The van der Waals surface area contributed by atoms with Gasteiger partial charge in [0, 0.05) is 43.0 Å². The smallest absolute Gasteiger partial charge is 0.253 e. The molecule has 2 amide bonds. The fourth-order valence-electron chi connectivity index (χ4n) is 2.54. The predicted octanol–water partition coefficient (Wildman–Crippen LogP) is 1.31. The number of nitrogens with one attached hydrogen (secondary N) is 1. The Kier molecular flexibility index (Phi) is 6.52. The van der Waals surface area contributed by atoms with Crippen molar-refractivity contribution in [3.05, 3.63) is 42.0 Å². The number of anilines is 1. The number of benzene rings is 1. The van der Waals surface area contributed by atoms with Crippen molar-refractivity contribution >= 4 is 17.5 Å². The van der Waals surface area contributed by atoms with E-state index in [0.717, 1.165) is 12.8 Å². The number of amides is 2. The van der Waals surface area contributed by atoms with Crippen LogP contribution < -0.4 is 11.1 Å². The number of rotatable bonds is 5. The normalized spacial score (nSPS) is 15.9. The predicted molar refractivity (Wildman–Crippen MR) is 95.9 cm³/mol. The first-order chi connectivity index (χ1) is 11.5. The molecule has 0 atom stereocenters. The summed E-state index contributed by atoms with van der Waals surface area (Å²) in [5.41, 5.74) is 7.17. The summed E-state index contributed by atoms with van der Waals surface area (Å²) < 4.78 is 0. The Morgan fingerprint density at radius 2 is 1.88 bits per heavy atom. The number of hydrogen-bond donors (Lipinski definition) is 2. The van der Waals surface area contributed by atoms with Crippen molar-refractivity contribution in [3.63, 3.8) is 0 Å². The molecule has 0 radical (unpaired) electrons. The average molecular weight is 330 g/mol. The van der Waals surface area contributed by atoms with Gasteiger partial charge in [-0.25, -0.2) is 0 Å². The summed E-state index contributed by atoms with van der Waals surface area (Å²) >= 11 is 0. The van der Waals surface area contributed by atoms with E-state index < -0.39 is 0 Å². The van der Waals surface area contributed by atoms with Crippen molar-refractivity contribution in [3.8, 4) is 0 Å². The van der Waals surface area contributed by atoms with Gasteiger partial charge in [-0.05, 0) is 51.2 Å². The quantitative estimate of drug-likeness (QED) is 0.798. The van der Waals surface area contributed by atoms with E-state index in [1.54, 1.807) is 30.3 Å².